The molecule has 0 radical (unpaired) electrons. The first-order valence-electron chi connectivity index (χ1n) is 5.56. The molecule has 0 unspecified atom stereocenters. The SMILES string of the molecule is COc1ccc(OCCSC2=NCCN2)cc1. The van der Waals surface area contributed by atoms with E-state index in [-0.39, 0.29) is 0 Å². The number of hydrogen-bond acceptors (Lipinski definition) is 5. The van der Waals surface area contributed by atoms with Crippen molar-refractivity contribution in [2.45, 2.75) is 0 Å². The second-order valence-electron chi connectivity index (χ2n) is 3.49. The zero-order chi connectivity index (χ0) is 11.9. The van der Waals surface area contributed by atoms with Gasteiger partial charge in [0, 0.05) is 12.3 Å². The number of aliphatic imine (C=N–C) groups is 1. The zero-order valence-electron chi connectivity index (χ0n) is 9.81. The van der Waals surface area contributed by atoms with Crippen molar-refractivity contribution >= 4 is 16.9 Å². The molecule has 4 nitrogen and oxygen atoms in total. The minimum atomic E-state index is 0.678. The van der Waals surface area contributed by atoms with Crippen molar-refractivity contribution in [1.29, 1.82) is 0 Å². The smallest absolute Gasteiger partial charge is 0.156 e. The number of methoxy groups -OCH3 is 1. The van der Waals surface area contributed by atoms with Crippen molar-refractivity contribution < 1.29 is 9.47 Å². The minimum Gasteiger partial charge on any atom is -0.497 e. The molecule has 92 valence electrons. The van der Waals surface area contributed by atoms with E-state index in [2.05, 4.69) is 10.3 Å². The van der Waals surface area contributed by atoms with Crippen LogP contribution in [0.15, 0.2) is 29.3 Å². The zero-order valence-corrected chi connectivity index (χ0v) is 10.6. The highest BCUT2D eigenvalue weighted by molar-refractivity contribution is 8.13. The lowest BCUT2D eigenvalue weighted by atomic mass is 10.3. The van der Waals surface area contributed by atoms with Crippen molar-refractivity contribution in [2.24, 2.45) is 4.99 Å². The van der Waals surface area contributed by atoms with Crippen LogP contribution >= 0.6 is 11.8 Å². The van der Waals surface area contributed by atoms with Crippen LogP contribution in [0, 0.1) is 0 Å². The van der Waals surface area contributed by atoms with Crippen molar-refractivity contribution in [3.05, 3.63) is 24.3 Å². The van der Waals surface area contributed by atoms with Gasteiger partial charge in [0.15, 0.2) is 5.17 Å². The van der Waals surface area contributed by atoms with Gasteiger partial charge < -0.3 is 14.8 Å². The monoisotopic (exact) mass is 252 g/mol. The fourth-order valence-electron chi connectivity index (χ4n) is 1.44. The van der Waals surface area contributed by atoms with E-state index in [4.69, 9.17) is 9.47 Å². The molecule has 0 atom stereocenters. The van der Waals surface area contributed by atoms with E-state index in [1.54, 1.807) is 18.9 Å². The molecule has 1 aromatic rings. The molecule has 0 fully saturated rings. The van der Waals surface area contributed by atoms with E-state index < -0.39 is 0 Å². The summed E-state index contributed by atoms with van der Waals surface area (Å²) in [6, 6.07) is 7.61. The summed E-state index contributed by atoms with van der Waals surface area (Å²) >= 11 is 1.70. The average Bonchev–Trinajstić information content (AvgIpc) is 2.88. The van der Waals surface area contributed by atoms with Gasteiger partial charge in [0.1, 0.15) is 11.5 Å². The lowest BCUT2D eigenvalue weighted by Crippen LogP contribution is -2.16. The molecule has 1 aliphatic heterocycles. The second kappa shape index (κ2) is 6.39. The largest absolute Gasteiger partial charge is 0.497 e. The Morgan fingerprint density at radius 1 is 1.29 bits per heavy atom. The fraction of sp³-hybridized carbons (Fsp3) is 0.417. The number of benzene rings is 1. The topological polar surface area (TPSA) is 42.9 Å². The molecule has 0 aromatic heterocycles. The molecule has 2 rings (SSSR count). The molecular weight excluding hydrogens is 236 g/mol. The highest BCUT2D eigenvalue weighted by Crippen LogP contribution is 2.17. The van der Waals surface area contributed by atoms with Gasteiger partial charge in [-0.15, -0.1) is 0 Å². The van der Waals surface area contributed by atoms with Gasteiger partial charge in [0.05, 0.1) is 20.3 Å². The molecule has 17 heavy (non-hydrogen) atoms. The predicted molar refractivity (Wildman–Crippen MR) is 71.3 cm³/mol. The molecule has 0 saturated heterocycles. The number of thioether (sulfide) groups is 1. The molecule has 5 heteroatoms. The third-order valence-electron chi connectivity index (χ3n) is 2.29. The molecule has 0 saturated carbocycles. The van der Waals surface area contributed by atoms with Gasteiger partial charge in [-0.2, -0.15) is 0 Å². The summed E-state index contributed by atoms with van der Waals surface area (Å²) in [6.07, 6.45) is 0. The van der Waals surface area contributed by atoms with Crippen molar-refractivity contribution in [3.63, 3.8) is 0 Å². The molecule has 1 heterocycles. The second-order valence-corrected chi connectivity index (χ2v) is 4.57. The van der Waals surface area contributed by atoms with Crippen LogP contribution in [-0.4, -0.2) is 37.7 Å². The van der Waals surface area contributed by atoms with Crippen molar-refractivity contribution in [1.82, 2.24) is 5.32 Å². The van der Waals surface area contributed by atoms with E-state index in [9.17, 15) is 0 Å². The first-order valence-corrected chi connectivity index (χ1v) is 6.55. The van der Waals surface area contributed by atoms with E-state index in [0.29, 0.717) is 6.61 Å². The van der Waals surface area contributed by atoms with Gasteiger partial charge >= 0.3 is 0 Å². The summed E-state index contributed by atoms with van der Waals surface area (Å²) in [5.41, 5.74) is 0. The van der Waals surface area contributed by atoms with E-state index in [1.165, 1.54) is 0 Å². The van der Waals surface area contributed by atoms with E-state index in [0.717, 1.165) is 35.5 Å². The summed E-state index contributed by atoms with van der Waals surface area (Å²) in [5.74, 6) is 2.61. The van der Waals surface area contributed by atoms with Crippen LogP contribution in [0.3, 0.4) is 0 Å². The van der Waals surface area contributed by atoms with Crippen LogP contribution in [0.25, 0.3) is 0 Å². The van der Waals surface area contributed by atoms with E-state index >= 15 is 0 Å². The maximum absolute atomic E-state index is 5.61. The maximum atomic E-state index is 5.61. The quantitative estimate of drug-likeness (QED) is 0.811. The fourth-order valence-corrected chi connectivity index (χ4v) is 2.19. The van der Waals surface area contributed by atoms with Crippen LogP contribution < -0.4 is 14.8 Å². The van der Waals surface area contributed by atoms with Crippen LogP contribution in [0.5, 0.6) is 11.5 Å². The Morgan fingerprint density at radius 3 is 2.71 bits per heavy atom. The van der Waals surface area contributed by atoms with Crippen LogP contribution in [0.1, 0.15) is 0 Å². The number of nitrogens with one attached hydrogen (secondary N) is 1. The number of ether oxygens (including phenoxy) is 2. The highest BCUT2D eigenvalue weighted by atomic mass is 32.2. The third-order valence-corrected chi connectivity index (χ3v) is 3.21. The normalized spacial score (nSPS) is 14.1. The number of nitrogens with zero attached hydrogens (tertiary/aromatic N) is 1. The van der Waals surface area contributed by atoms with Gasteiger partial charge in [-0.05, 0) is 24.3 Å². The summed E-state index contributed by atoms with van der Waals surface area (Å²) < 4.78 is 10.7. The van der Waals surface area contributed by atoms with Gasteiger partial charge in [0.25, 0.3) is 0 Å². The molecule has 1 aromatic carbocycles. The van der Waals surface area contributed by atoms with Crippen molar-refractivity contribution in [2.75, 3.05) is 32.6 Å². The third kappa shape index (κ3) is 3.85. The lowest BCUT2D eigenvalue weighted by molar-refractivity contribution is 0.343. The van der Waals surface area contributed by atoms with Crippen molar-refractivity contribution in [3.8, 4) is 11.5 Å². The molecule has 1 aliphatic rings. The standard InChI is InChI=1S/C12H16N2O2S/c1-15-10-2-4-11(5-3-10)16-8-9-17-12-13-6-7-14-12/h2-5H,6-9H2,1H3,(H,13,14). The van der Waals surface area contributed by atoms with Crippen LogP contribution in [0.2, 0.25) is 0 Å². The summed E-state index contributed by atoms with van der Waals surface area (Å²) in [7, 11) is 1.65. The first-order chi connectivity index (χ1) is 8.38. The predicted octanol–water partition coefficient (Wildman–Crippen LogP) is 1.77. The molecule has 0 amide bonds. The number of amidine groups is 1. The average molecular weight is 252 g/mol. The Morgan fingerprint density at radius 2 is 2.06 bits per heavy atom. The molecule has 1 N–H and O–H groups in total. The molecule has 0 bridgehead atoms. The van der Waals surface area contributed by atoms with Crippen LogP contribution in [-0.2, 0) is 0 Å². The maximum Gasteiger partial charge on any atom is 0.156 e. The van der Waals surface area contributed by atoms with E-state index in [1.807, 2.05) is 24.3 Å². The van der Waals surface area contributed by atoms with Gasteiger partial charge in [-0.1, -0.05) is 11.8 Å². The Hall–Kier alpha value is -1.36. The van der Waals surface area contributed by atoms with Gasteiger partial charge in [-0.3, -0.25) is 4.99 Å². The number of rotatable bonds is 5. The summed E-state index contributed by atoms with van der Waals surface area (Å²) in [5, 5.41) is 4.24. The Kier molecular flexibility index (Phi) is 4.55. The van der Waals surface area contributed by atoms with Gasteiger partial charge in [-0.25, -0.2) is 0 Å². The summed E-state index contributed by atoms with van der Waals surface area (Å²) in [4.78, 5) is 4.30. The highest BCUT2D eigenvalue weighted by Gasteiger charge is 2.04. The lowest BCUT2D eigenvalue weighted by Gasteiger charge is -2.06. The Balaban J connectivity index is 1.67. The summed E-state index contributed by atoms with van der Waals surface area (Å²) in [6.45, 7) is 2.53. The first kappa shape index (κ1) is 12.1. The molecule has 0 aliphatic carbocycles. The van der Waals surface area contributed by atoms with Crippen LogP contribution in [0.4, 0.5) is 0 Å². The minimum absolute atomic E-state index is 0.678. The Labute approximate surface area is 105 Å². The Bertz CT molecular complexity index is 379. The number of hydrogen-bond donors (Lipinski definition) is 1. The molecule has 0 spiro atoms. The molecular formula is C12H16N2O2S. The van der Waals surface area contributed by atoms with Gasteiger partial charge in [0.2, 0.25) is 0 Å².